The van der Waals surface area contributed by atoms with Crippen LogP contribution < -0.4 is 0 Å². The Morgan fingerprint density at radius 1 is 1.28 bits per heavy atom. The van der Waals surface area contributed by atoms with Gasteiger partial charge < -0.3 is 4.90 Å². The molecule has 1 fully saturated rings. The number of ketones is 1. The largest absolute Gasteiger partial charge is 0.303 e. The Morgan fingerprint density at radius 2 is 2.07 bits per heavy atom. The maximum atomic E-state index is 15.3. The lowest BCUT2D eigenvalue weighted by Crippen LogP contribution is -2.47. The van der Waals surface area contributed by atoms with Gasteiger partial charge in [0.15, 0.2) is 17.3 Å². The number of Topliss-reactive ketones (excluding diaryl/α,β-unsaturated/α-hetero) is 1. The number of aromatic nitrogens is 5. The zero-order chi connectivity index (χ0) is 20.4. The van der Waals surface area contributed by atoms with Crippen molar-refractivity contribution < 1.29 is 9.18 Å². The predicted molar refractivity (Wildman–Crippen MR) is 108 cm³/mol. The first kappa shape index (κ1) is 19.6. The van der Waals surface area contributed by atoms with Gasteiger partial charge in [0, 0.05) is 44.1 Å². The number of piperidine rings is 1. The van der Waals surface area contributed by atoms with Gasteiger partial charge in [0.2, 0.25) is 0 Å². The van der Waals surface area contributed by atoms with Crippen LogP contribution in [0.15, 0.2) is 36.8 Å². The number of rotatable bonds is 6. The Bertz CT molecular complexity index is 996. The maximum absolute atomic E-state index is 15.3. The van der Waals surface area contributed by atoms with Crippen LogP contribution in [0.25, 0.3) is 16.7 Å². The first-order valence-corrected chi connectivity index (χ1v) is 10.00. The molecule has 4 rings (SSSR count). The van der Waals surface area contributed by atoms with Gasteiger partial charge in [-0.05, 0) is 24.1 Å². The van der Waals surface area contributed by atoms with Crippen molar-refractivity contribution >= 4 is 16.7 Å². The van der Waals surface area contributed by atoms with Crippen LogP contribution in [-0.2, 0) is 11.2 Å². The van der Waals surface area contributed by atoms with E-state index in [0.717, 1.165) is 11.9 Å². The molecule has 29 heavy (non-hydrogen) atoms. The Labute approximate surface area is 169 Å². The van der Waals surface area contributed by atoms with Gasteiger partial charge in [0.1, 0.15) is 0 Å². The Kier molecular flexibility index (Phi) is 5.36. The lowest BCUT2D eigenvalue weighted by Gasteiger charge is -2.36. The third-order valence-electron chi connectivity index (χ3n) is 5.39. The fraction of sp³-hybridized carbons (Fsp3) is 0.476. The molecule has 0 amide bonds. The van der Waals surface area contributed by atoms with Crippen LogP contribution in [0.2, 0.25) is 0 Å². The molecule has 0 unspecified atom stereocenters. The molecule has 1 saturated heterocycles. The molecule has 3 aromatic heterocycles. The number of nitrogens with zero attached hydrogens (tertiary/aromatic N) is 6. The van der Waals surface area contributed by atoms with Gasteiger partial charge in [-0.3, -0.25) is 9.78 Å². The number of fused-ring (bicyclic) bond motifs is 1. The summed E-state index contributed by atoms with van der Waals surface area (Å²) in [5.41, 5.74) is -0.539. The van der Waals surface area contributed by atoms with E-state index in [1.165, 1.54) is 0 Å². The van der Waals surface area contributed by atoms with Gasteiger partial charge in [-0.1, -0.05) is 19.1 Å². The lowest BCUT2D eigenvalue weighted by atomic mass is 9.86. The number of carbonyl (C=O) groups is 1. The molecule has 7 nitrogen and oxygen atoms in total. The van der Waals surface area contributed by atoms with Crippen LogP contribution in [-0.4, -0.2) is 60.9 Å². The van der Waals surface area contributed by atoms with E-state index in [1.54, 1.807) is 29.3 Å². The normalized spacial score (nSPS) is 17.1. The molecular weight excluding hydrogens is 371 g/mol. The number of pyridine rings is 2. The van der Waals surface area contributed by atoms with Crippen LogP contribution in [0.3, 0.4) is 0 Å². The monoisotopic (exact) mass is 396 g/mol. The quantitative estimate of drug-likeness (QED) is 0.638. The van der Waals surface area contributed by atoms with Crippen LogP contribution >= 0.6 is 0 Å². The molecule has 1 aliphatic heterocycles. The summed E-state index contributed by atoms with van der Waals surface area (Å²) in [5, 5.41) is 8.57. The van der Waals surface area contributed by atoms with E-state index in [4.69, 9.17) is 0 Å². The SMILES string of the molecule is CC(C)CN1CCC(F)(C(=O)Cc2cc3nc(-n4ccnn4)ccc3cn2)CC1. The molecule has 0 atom stereocenters. The van der Waals surface area contributed by atoms with Gasteiger partial charge in [-0.2, -0.15) is 0 Å². The number of halogens is 1. The number of carbonyl (C=O) groups excluding carboxylic acids is 1. The fourth-order valence-corrected chi connectivity index (χ4v) is 3.81. The van der Waals surface area contributed by atoms with E-state index in [1.807, 2.05) is 12.1 Å². The van der Waals surface area contributed by atoms with Crippen molar-refractivity contribution in [3.8, 4) is 5.82 Å². The molecule has 0 spiro atoms. The summed E-state index contributed by atoms with van der Waals surface area (Å²) in [6.45, 7) is 6.48. The summed E-state index contributed by atoms with van der Waals surface area (Å²) >= 11 is 0. The van der Waals surface area contributed by atoms with Gasteiger partial charge >= 0.3 is 0 Å². The maximum Gasteiger partial charge on any atom is 0.175 e. The highest BCUT2D eigenvalue weighted by molar-refractivity contribution is 5.89. The molecule has 0 saturated carbocycles. The standard InChI is InChI=1S/C21H25FN6O/c1-15(2)14-27-8-5-21(22,6-9-27)19(29)12-17-11-18-16(13-23-17)3-4-20(25-18)28-10-7-24-26-28/h3-4,7,10-11,13,15H,5-6,8-9,12,14H2,1-2H3. The fourth-order valence-electron chi connectivity index (χ4n) is 3.81. The van der Waals surface area contributed by atoms with Crippen molar-refractivity contribution in [1.82, 2.24) is 29.9 Å². The zero-order valence-electron chi connectivity index (χ0n) is 16.8. The molecule has 1 aliphatic rings. The van der Waals surface area contributed by atoms with Crippen molar-refractivity contribution in [2.45, 2.75) is 38.8 Å². The van der Waals surface area contributed by atoms with Crippen molar-refractivity contribution in [1.29, 1.82) is 0 Å². The van der Waals surface area contributed by atoms with Crippen molar-refractivity contribution in [3.63, 3.8) is 0 Å². The van der Waals surface area contributed by atoms with E-state index < -0.39 is 5.67 Å². The summed E-state index contributed by atoms with van der Waals surface area (Å²) in [7, 11) is 0. The van der Waals surface area contributed by atoms with Crippen molar-refractivity contribution in [3.05, 3.63) is 42.5 Å². The van der Waals surface area contributed by atoms with Crippen LogP contribution in [0.1, 0.15) is 32.4 Å². The van der Waals surface area contributed by atoms with Crippen LogP contribution in [0.4, 0.5) is 4.39 Å². The summed E-state index contributed by atoms with van der Waals surface area (Å²) in [4.78, 5) is 23.9. The highest BCUT2D eigenvalue weighted by atomic mass is 19.1. The van der Waals surface area contributed by atoms with Crippen molar-refractivity contribution in [2.75, 3.05) is 19.6 Å². The van der Waals surface area contributed by atoms with Crippen LogP contribution in [0, 0.1) is 5.92 Å². The number of hydrogen-bond donors (Lipinski definition) is 0. The first-order chi connectivity index (χ1) is 13.9. The minimum absolute atomic E-state index is 0.0220. The van der Waals surface area contributed by atoms with Gasteiger partial charge in [-0.25, -0.2) is 14.1 Å². The second-order valence-electron chi connectivity index (χ2n) is 8.15. The molecule has 0 radical (unpaired) electrons. The average Bonchev–Trinajstić information content (AvgIpc) is 3.24. The molecule has 0 N–H and O–H groups in total. The summed E-state index contributed by atoms with van der Waals surface area (Å²) in [5.74, 6) is 0.772. The van der Waals surface area contributed by atoms with Gasteiger partial charge in [-0.15, -0.1) is 5.10 Å². The Hall–Kier alpha value is -2.74. The number of alkyl halides is 1. The van der Waals surface area contributed by atoms with Gasteiger partial charge in [0.05, 0.1) is 30.0 Å². The van der Waals surface area contributed by atoms with E-state index in [2.05, 4.69) is 39.0 Å². The first-order valence-electron chi connectivity index (χ1n) is 10.00. The molecular formula is C21H25FN6O. The number of likely N-dealkylation sites (tertiary alicyclic amines) is 1. The Balaban J connectivity index is 1.48. The molecule has 0 bridgehead atoms. The topological polar surface area (TPSA) is 76.8 Å². The van der Waals surface area contributed by atoms with E-state index >= 15 is 4.39 Å². The lowest BCUT2D eigenvalue weighted by molar-refractivity contribution is -0.133. The zero-order valence-corrected chi connectivity index (χ0v) is 16.8. The molecule has 0 aromatic carbocycles. The third kappa shape index (κ3) is 4.32. The average molecular weight is 396 g/mol. The second-order valence-corrected chi connectivity index (χ2v) is 8.15. The minimum Gasteiger partial charge on any atom is -0.303 e. The molecule has 0 aliphatic carbocycles. The molecule has 4 heterocycles. The highest BCUT2D eigenvalue weighted by Gasteiger charge is 2.41. The minimum atomic E-state index is -1.76. The summed E-state index contributed by atoms with van der Waals surface area (Å²) in [6.07, 6.45) is 5.44. The van der Waals surface area contributed by atoms with E-state index in [-0.39, 0.29) is 25.0 Å². The van der Waals surface area contributed by atoms with Gasteiger partial charge in [0.25, 0.3) is 0 Å². The summed E-state index contributed by atoms with van der Waals surface area (Å²) < 4.78 is 16.8. The number of hydrogen-bond acceptors (Lipinski definition) is 6. The molecule has 8 heteroatoms. The Morgan fingerprint density at radius 3 is 2.76 bits per heavy atom. The van der Waals surface area contributed by atoms with E-state index in [0.29, 0.717) is 36.0 Å². The molecule has 3 aromatic rings. The predicted octanol–water partition coefficient (Wildman–Crippen LogP) is 2.78. The second kappa shape index (κ2) is 7.94. The van der Waals surface area contributed by atoms with E-state index in [9.17, 15) is 4.79 Å². The smallest absolute Gasteiger partial charge is 0.175 e. The third-order valence-corrected chi connectivity index (χ3v) is 5.39. The highest BCUT2D eigenvalue weighted by Crippen LogP contribution is 2.29. The summed E-state index contributed by atoms with van der Waals surface area (Å²) in [6, 6.07) is 5.47. The van der Waals surface area contributed by atoms with Crippen LogP contribution in [0.5, 0.6) is 0 Å². The van der Waals surface area contributed by atoms with Crippen molar-refractivity contribution in [2.24, 2.45) is 5.92 Å². The molecule has 152 valence electrons.